The van der Waals surface area contributed by atoms with E-state index in [0.717, 1.165) is 0 Å². The van der Waals surface area contributed by atoms with Crippen molar-refractivity contribution in [3.63, 3.8) is 0 Å². The number of ether oxygens (including phenoxy) is 2. The van der Waals surface area contributed by atoms with E-state index in [-0.39, 0.29) is 5.75 Å². The van der Waals surface area contributed by atoms with Crippen molar-refractivity contribution in [3.8, 4) is 22.8 Å². The number of nitrogens with one attached hydrogen (secondary N) is 1. The van der Waals surface area contributed by atoms with Crippen LogP contribution in [-0.4, -0.2) is 34.2 Å². The minimum atomic E-state index is -0.682. The van der Waals surface area contributed by atoms with E-state index in [1.54, 1.807) is 36.9 Å². The number of hydrogen-bond acceptors (Lipinski definition) is 7. The van der Waals surface area contributed by atoms with Gasteiger partial charge in [-0.3, -0.25) is 10.00 Å². The van der Waals surface area contributed by atoms with E-state index >= 15 is 0 Å². The van der Waals surface area contributed by atoms with Crippen LogP contribution >= 0.6 is 11.6 Å². The lowest BCUT2D eigenvalue weighted by molar-refractivity contribution is 0.214. The number of nitrogens with two attached hydrogens (primary N) is 1. The number of halogens is 1. The molecule has 2 heterocycles. The van der Waals surface area contributed by atoms with Crippen molar-refractivity contribution in [2.24, 2.45) is 12.8 Å². The SMILES string of the molecule is Cc1oncc1OC(=O)Nc1ccc(OCCN)c(-c2c(Cl)cnn2C)c1. The Balaban J connectivity index is 1.87. The molecule has 0 saturated carbocycles. The first-order valence-electron chi connectivity index (χ1n) is 8.04. The molecule has 0 spiro atoms. The van der Waals surface area contributed by atoms with Gasteiger partial charge in [-0.1, -0.05) is 16.8 Å². The Morgan fingerprint density at radius 2 is 2.19 bits per heavy atom. The molecule has 1 aromatic carbocycles. The number of hydrogen-bond donors (Lipinski definition) is 2. The molecule has 0 atom stereocenters. The van der Waals surface area contributed by atoms with E-state index in [4.69, 9.17) is 31.3 Å². The van der Waals surface area contributed by atoms with Gasteiger partial charge in [0.25, 0.3) is 0 Å². The molecule has 0 bridgehead atoms. The van der Waals surface area contributed by atoms with Crippen molar-refractivity contribution >= 4 is 23.4 Å². The average molecular weight is 392 g/mol. The highest BCUT2D eigenvalue weighted by Crippen LogP contribution is 2.36. The van der Waals surface area contributed by atoms with E-state index in [9.17, 15) is 4.79 Å². The maximum Gasteiger partial charge on any atom is 0.417 e. The molecule has 0 aliphatic rings. The highest BCUT2D eigenvalue weighted by molar-refractivity contribution is 6.33. The van der Waals surface area contributed by atoms with Crippen LogP contribution in [0.15, 0.2) is 35.1 Å². The quantitative estimate of drug-likeness (QED) is 0.663. The second kappa shape index (κ2) is 8.11. The highest BCUT2D eigenvalue weighted by atomic mass is 35.5. The van der Waals surface area contributed by atoms with Crippen molar-refractivity contribution in [2.75, 3.05) is 18.5 Å². The van der Waals surface area contributed by atoms with Gasteiger partial charge in [0.2, 0.25) is 0 Å². The zero-order valence-electron chi connectivity index (χ0n) is 14.7. The molecule has 1 amide bonds. The summed E-state index contributed by atoms with van der Waals surface area (Å²) in [5, 5.41) is 10.8. The fourth-order valence-corrected chi connectivity index (χ4v) is 2.70. The van der Waals surface area contributed by atoms with Crippen molar-refractivity contribution in [3.05, 3.63) is 41.4 Å². The third kappa shape index (κ3) is 4.21. The Bertz CT molecular complexity index is 933. The first-order valence-corrected chi connectivity index (χ1v) is 8.42. The molecule has 3 rings (SSSR count). The lowest BCUT2D eigenvalue weighted by Gasteiger charge is -2.14. The second-order valence-electron chi connectivity index (χ2n) is 5.57. The molecule has 3 N–H and O–H groups in total. The molecular formula is C17H18ClN5O4. The van der Waals surface area contributed by atoms with Gasteiger partial charge < -0.3 is 19.7 Å². The second-order valence-corrected chi connectivity index (χ2v) is 5.98. The average Bonchev–Trinajstić information content (AvgIpc) is 3.19. The smallest absolute Gasteiger partial charge is 0.417 e. The van der Waals surface area contributed by atoms with Crippen molar-refractivity contribution in [1.29, 1.82) is 0 Å². The monoisotopic (exact) mass is 391 g/mol. The van der Waals surface area contributed by atoms with E-state index in [1.165, 1.54) is 12.4 Å². The summed E-state index contributed by atoms with van der Waals surface area (Å²) in [5.41, 5.74) is 7.32. The van der Waals surface area contributed by atoms with Gasteiger partial charge in [0, 0.05) is 31.8 Å². The minimum absolute atomic E-state index is 0.241. The highest BCUT2D eigenvalue weighted by Gasteiger charge is 2.17. The molecule has 2 aromatic heterocycles. The normalized spacial score (nSPS) is 10.7. The first kappa shape index (κ1) is 18.7. The molecule has 142 valence electrons. The Kier molecular flexibility index (Phi) is 5.63. The van der Waals surface area contributed by atoms with E-state index < -0.39 is 6.09 Å². The summed E-state index contributed by atoms with van der Waals surface area (Å²) in [7, 11) is 1.76. The van der Waals surface area contributed by atoms with Gasteiger partial charge in [0.05, 0.1) is 16.9 Å². The lowest BCUT2D eigenvalue weighted by Crippen LogP contribution is -2.17. The number of nitrogens with zero attached hydrogens (tertiary/aromatic N) is 3. The summed E-state index contributed by atoms with van der Waals surface area (Å²) in [6.07, 6.45) is 2.17. The molecule has 3 aromatic rings. The number of carbonyl (C=O) groups excluding carboxylic acids is 1. The molecule has 0 saturated heterocycles. The van der Waals surface area contributed by atoms with E-state index in [1.807, 2.05) is 0 Å². The maximum atomic E-state index is 12.1. The number of aryl methyl sites for hydroxylation is 2. The third-order valence-electron chi connectivity index (χ3n) is 3.66. The first-order chi connectivity index (χ1) is 13.0. The number of rotatable bonds is 6. The molecule has 9 nitrogen and oxygen atoms in total. The number of carbonyl (C=O) groups is 1. The van der Waals surface area contributed by atoms with Crippen LogP contribution in [-0.2, 0) is 7.05 Å². The number of amides is 1. The number of benzene rings is 1. The molecular weight excluding hydrogens is 374 g/mol. The Morgan fingerprint density at radius 1 is 1.37 bits per heavy atom. The summed E-state index contributed by atoms with van der Waals surface area (Å²) in [6, 6.07) is 5.12. The van der Waals surface area contributed by atoms with Crippen molar-refractivity contribution < 1.29 is 18.8 Å². The van der Waals surface area contributed by atoms with Crippen LogP contribution in [0.1, 0.15) is 5.76 Å². The van der Waals surface area contributed by atoms with Gasteiger partial charge in [0.15, 0.2) is 11.5 Å². The van der Waals surface area contributed by atoms with Gasteiger partial charge in [0.1, 0.15) is 18.6 Å². The van der Waals surface area contributed by atoms with Crippen LogP contribution in [0.3, 0.4) is 0 Å². The summed E-state index contributed by atoms with van der Waals surface area (Å²) in [6.45, 7) is 2.34. The maximum absolute atomic E-state index is 12.1. The number of aromatic nitrogens is 3. The van der Waals surface area contributed by atoms with Crippen LogP contribution in [0.4, 0.5) is 10.5 Å². The molecule has 0 aliphatic carbocycles. The van der Waals surface area contributed by atoms with Crippen LogP contribution < -0.4 is 20.5 Å². The summed E-state index contributed by atoms with van der Waals surface area (Å²) in [4.78, 5) is 12.1. The summed E-state index contributed by atoms with van der Waals surface area (Å²) in [5.74, 6) is 1.21. The molecule has 0 aliphatic heterocycles. The third-order valence-corrected chi connectivity index (χ3v) is 3.94. The zero-order chi connectivity index (χ0) is 19.4. The van der Waals surface area contributed by atoms with Crippen molar-refractivity contribution in [1.82, 2.24) is 14.9 Å². The van der Waals surface area contributed by atoms with Crippen LogP contribution in [0, 0.1) is 6.92 Å². The molecule has 10 heteroatoms. The molecule has 0 unspecified atom stereocenters. The van der Waals surface area contributed by atoms with Gasteiger partial charge in [-0.05, 0) is 18.2 Å². The predicted molar refractivity (Wildman–Crippen MR) is 99.1 cm³/mol. The van der Waals surface area contributed by atoms with Gasteiger partial charge in [-0.2, -0.15) is 5.10 Å². The minimum Gasteiger partial charge on any atom is -0.492 e. The molecule has 0 fully saturated rings. The fraction of sp³-hybridized carbons (Fsp3) is 0.235. The largest absolute Gasteiger partial charge is 0.492 e. The summed E-state index contributed by atoms with van der Waals surface area (Å²) >= 11 is 6.26. The van der Waals surface area contributed by atoms with Gasteiger partial charge >= 0.3 is 6.09 Å². The molecule has 0 radical (unpaired) electrons. The van der Waals surface area contributed by atoms with Crippen LogP contribution in [0.25, 0.3) is 11.3 Å². The van der Waals surface area contributed by atoms with E-state index in [2.05, 4.69) is 15.6 Å². The number of anilines is 1. The Hall–Kier alpha value is -3.04. The zero-order valence-corrected chi connectivity index (χ0v) is 15.5. The Morgan fingerprint density at radius 3 is 2.81 bits per heavy atom. The molecule has 27 heavy (non-hydrogen) atoms. The fourth-order valence-electron chi connectivity index (χ4n) is 2.43. The lowest BCUT2D eigenvalue weighted by atomic mass is 10.1. The van der Waals surface area contributed by atoms with E-state index in [0.29, 0.717) is 46.6 Å². The predicted octanol–water partition coefficient (Wildman–Crippen LogP) is 2.99. The van der Waals surface area contributed by atoms with Crippen molar-refractivity contribution in [2.45, 2.75) is 6.92 Å². The van der Waals surface area contributed by atoms with Gasteiger partial charge in [-0.15, -0.1) is 0 Å². The summed E-state index contributed by atoms with van der Waals surface area (Å²) < 4.78 is 17.3. The van der Waals surface area contributed by atoms with Gasteiger partial charge in [-0.25, -0.2) is 4.79 Å². The Labute approximate surface area is 160 Å². The topological polar surface area (TPSA) is 117 Å². The van der Waals surface area contributed by atoms with Crippen LogP contribution in [0.2, 0.25) is 5.02 Å². The standard InChI is InChI=1S/C17H18ClN5O4/c1-10-15(9-21-27-10)26-17(24)22-11-3-4-14(25-6-5-19)12(7-11)16-13(18)8-20-23(16)2/h3-4,7-9H,5-6,19H2,1-2H3,(H,22,24). The van der Waals surface area contributed by atoms with Crippen LogP contribution in [0.5, 0.6) is 11.5 Å².